The molecule has 1 aliphatic rings. The third kappa shape index (κ3) is 3.48. The molecule has 1 saturated heterocycles. The quantitative estimate of drug-likeness (QED) is 0.910. The highest BCUT2D eigenvalue weighted by atomic mass is 79.9. The molecule has 1 amide bonds. The number of morpholine rings is 1. The lowest BCUT2D eigenvalue weighted by atomic mass is 10.0. The molecule has 1 heterocycles. The van der Waals surface area contributed by atoms with Gasteiger partial charge in [-0.3, -0.25) is 4.79 Å². The minimum absolute atomic E-state index is 0.0628. The van der Waals surface area contributed by atoms with Gasteiger partial charge in [0.25, 0.3) is 0 Å². The summed E-state index contributed by atoms with van der Waals surface area (Å²) in [5, 5.41) is 2.83. The summed E-state index contributed by atoms with van der Waals surface area (Å²) >= 11 is 3.50. The monoisotopic (exact) mass is 361 g/mol. The smallest absolute Gasteiger partial charge is 0.246 e. The Morgan fingerprint density at radius 3 is 2.55 bits per heavy atom. The molecule has 1 fully saturated rings. The number of halogens is 1. The largest absolute Gasteiger partial charge is 0.482 e. The van der Waals surface area contributed by atoms with Gasteiger partial charge in [-0.15, -0.1) is 0 Å². The van der Waals surface area contributed by atoms with Gasteiger partial charge in [-0.1, -0.05) is 42.5 Å². The SMILES string of the molecule is O=C1CO[C@@H]([C@H](Oc2ccccc2Br)c2ccccc2)CN1. The molecular weight excluding hydrogens is 346 g/mol. The highest BCUT2D eigenvalue weighted by molar-refractivity contribution is 9.10. The van der Waals surface area contributed by atoms with Crippen molar-refractivity contribution in [3.8, 4) is 5.75 Å². The van der Waals surface area contributed by atoms with E-state index in [1.165, 1.54) is 0 Å². The number of nitrogens with one attached hydrogen (secondary N) is 1. The lowest BCUT2D eigenvalue weighted by Gasteiger charge is -2.31. The molecule has 0 aliphatic carbocycles. The first kappa shape index (κ1) is 15.1. The second-order valence-electron chi connectivity index (χ2n) is 5.03. The average Bonchev–Trinajstić information content (AvgIpc) is 2.56. The van der Waals surface area contributed by atoms with Crippen LogP contribution in [0.25, 0.3) is 0 Å². The molecule has 4 nitrogen and oxygen atoms in total. The molecule has 0 saturated carbocycles. The summed E-state index contributed by atoms with van der Waals surface area (Å²) in [4.78, 5) is 11.3. The van der Waals surface area contributed by atoms with Gasteiger partial charge in [-0.2, -0.15) is 0 Å². The lowest BCUT2D eigenvalue weighted by molar-refractivity contribution is -0.137. The van der Waals surface area contributed by atoms with E-state index in [1.54, 1.807) is 0 Å². The lowest BCUT2D eigenvalue weighted by Crippen LogP contribution is -2.46. The Morgan fingerprint density at radius 1 is 1.14 bits per heavy atom. The molecule has 0 unspecified atom stereocenters. The van der Waals surface area contributed by atoms with Crippen molar-refractivity contribution in [3.63, 3.8) is 0 Å². The molecular formula is C17H16BrNO3. The molecule has 2 atom stereocenters. The summed E-state index contributed by atoms with van der Waals surface area (Å²) < 4.78 is 12.7. The van der Waals surface area contributed by atoms with Gasteiger partial charge in [0.15, 0.2) is 6.10 Å². The first-order chi connectivity index (χ1) is 10.7. The van der Waals surface area contributed by atoms with E-state index in [4.69, 9.17) is 9.47 Å². The second-order valence-corrected chi connectivity index (χ2v) is 5.89. The van der Waals surface area contributed by atoms with E-state index in [2.05, 4.69) is 21.2 Å². The third-order valence-corrected chi connectivity index (χ3v) is 4.14. The van der Waals surface area contributed by atoms with Crippen LogP contribution in [0.5, 0.6) is 5.75 Å². The van der Waals surface area contributed by atoms with Crippen LogP contribution in [0.15, 0.2) is 59.1 Å². The summed E-state index contributed by atoms with van der Waals surface area (Å²) in [6.07, 6.45) is -0.521. The molecule has 1 N–H and O–H groups in total. The Morgan fingerprint density at radius 2 is 1.86 bits per heavy atom. The van der Waals surface area contributed by atoms with Gasteiger partial charge in [-0.05, 0) is 33.6 Å². The molecule has 0 bridgehead atoms. The maximum absolute atomic E-state index is 11.3. The van der Waals surface area contributed by atoms with Gasteiger partial charge in [-0.25, -0.2) is 0 Å². The van der Waals surface area contributed by atoms with Gasteiger partial charge in [0, 0.05) is 6.54 Å². The van der Waals surface area contributed by atoms with Crippen LogP contribution >= 0.6 is 15.9 Å². The molecule has 0 spiro atoms. The van der Waals surface area contributed by atoms with E-state index in [9.17, 15) is 4.79 Å². The van der Waals surface area contributed by atoms with E-state index >= 15 is 0 Å². The number of rotatable bonds is 4. The molecule has 114 valence electrons. The van der Waals surface area contributed by atoms with Crippen molar-refractivity contribution in [1.82, 2.24) is 5.32 Å². The molecule has 0 aromatic heterocycles. The minimum Gasteiger partial charge on any atom is -0.482 e. The van der Waals surface area contributed by atoms with Crippen molar-refractivity contribution in [2.45, 2.75) is 12.2 Å². The number of para-hydroxylation sites is 1. The van der Waals surface area contributed by atoms with Crippen molar-refractivity contribution in [1.29, 1.82) is 0 Å². The maximum Gasteiger partial charge on any atom is 0.246 e. The van der Waals surface area contributed by atoms with Crippen molar-refractivity contribution < 1.29 is 14.3 Å². The zero-order chi connectivity index (χ0) is 15.4. The third-order valence-electron chi connectivity index (χ3n) is 3.49. The van der Waals surface area contributed by atoms with Gasteiger partial charge in [0.2, 0.25) is 5.91 Å². The van der Waals surface area contributed by atoms with Crippen molar-refractivity contribution >= 4 is 21.8 Å². The Hall–Kier alpha value is -1.85. The topological polar surface area (TPSA) is 47.6 Å². The average molecular weight is 362 g/mol. The highest BCUT2D eigenvalue weighted by Crippen LogP contribution is 2.32. The number of hydrogen-bond donors (Lipinski definition) is 1. The van der Waals surface area contributed by atoms with E-state index in [0.29, 0.717) is 6.54 Å². The Kier molecular flexibility index (Phi) is 4.75. The fourth-order valence-electron chi connectivity index (χ4n) is 2.38. The standard InChI is InChI=1S/C17H16BrNO3/c18-13-8-4-5-9-14(13)22-17(12-6-2-1-3-7-12)15-10-19-16(20)11-21-15/h1-9,15,17H,10-11H2,(H,19,20)/t15-,17-/m1/s1. The van der Waals surface area contributed by atoms with Crippen molar-refractivity contribution in [2.24, 2.45) is 0 Å². The number of amides is 1. The molecule has 2 aromatic rings. The Bertz CT molecular complexity index is 637. The van der Waals surface area contributed by atoms with Gasteiger partial charge in [0.1, 0.15) is 18.5 Å². The highest BCUT2D eigenvalue weighted by Gasteiger charge is 2.30. The van der Waals surface area contributed by atoms with Crippen LogP contribution in [0.1, 0.15) is 11.7 Å². The van der Waals surface area contributed by atoms with Crippen LogP contribution in [0.4, 0.5) is 0 Å². The predicted octanol–water partition coefficient (Wildman–Crippen LogP) is 3.08. The predicted molar refractivity (Wildman–Crippen MR) is 86.7 cm³/mol. The normalized spacial score (nSPS) is 19.3. The van der Waals surface area contributed by atoms with Gasteiger partial charge >= 0.3 is 0 Å². The summed E-state index contributed by atoms with van der Waals surface area (Å²) in [7, 11) is 0. The molecule has 22 heavy (non-hydrogen) atoms. The Labute approximate surface area is 137 Å². The fraction of sp³-hybridized carbons (Fsp3) is 0.235. The van der Waals surface area contributed by atoms with Crippen LogP contribution in [0.2, 0.25) is 0 Å². The molecule has 1 aliphatic heterocycles. The molecule has 5 heteroatoms. The summed E-state index contributed by atoms with van der Waals surface area (Å²) in [6, 6.07) is 17.6. The van der Waals surface area contributed by atoms with Crippen LogP contribution in [0, 0.1) is 0 Å². The van der Waals surface area contributed by atoms with Crippen LogP contribution in [0.3, 0.4) is 0 Å². The van der Waals surface area contributed by atoms with Crippen LogP contribution < -0.4 is 10.1 Å². The zero-order valence-electron chi connectivity index (χ0n) is 11.9. The van der Waals surface area contributed by atoms with E-state index in [-0.39, 0.29) is 24.7 Å². The maximum atomic E-state index is 11.3. The summed E-state index contributed by atoms with van der Waals surface area (Å²) in [5.74, 6) is 0.654. The van der Waals surface area contributed by atoms with Gasteiger partial charge < -0.3 is 14.8 Å². The van der Waals surface area contributed by atoms with Crippen LogP contribution in [-0.2, 0) is 9.53 Å². The molecule has 2 aromatic carbocycles. The van der Waals surface area contributed by atoms with Crippen molar-refractivity contribution in [2.75, 3.05) is 13.2 Å². The Balaban J connectivity index is 1.86. The zero-order valence-corrected chi connectivity index (χ0v) is 13.5. The van der Waals surface area contributed by atoms with Gasteiger partial charge in [0.05, 0.1) is 4.47 Å². The first-order valence-corrected chi connectivity index (χ1v) is 7.88. The minimum atomic E-state index is -0.291. The second kappa shape index (κ2) is 6.94. The summed E-state index contributed by atoms with van der Waals surface area (Å²) in [6.45, 7) is 0.496. The number of ether oxygens (including phenoxy) is 2. The van der Waals surface area contributed by atoms with Crippen molar-refractivity contribution in [3.05, 3.63) is 64.6 Å². The van der Waals surface area contributed by atoms with E-state index in [1.807, 2.05) is 54.6 Å². The number of hydrogen-bond acceptors (Lipinski definition) is 3. The number of benzene rings is 2. The molecule has 0 radical (unpaired) electrons. The summed E-state index contributed by atoms with van der Waals surface area (Å²) in [5.41, 5.74) is 1.01. The molecule has 3 rings (SSSR count). The number of carbonyl (C=O) groups excluding carboxylic acids is 1. The first-order valence-electron chi connectivity index (χ1n) is 7.08. The van der Waals surface area contributed by atoms with E-state index < -0.39 is 0 Å². The number of carbonyl (C=O) groups is 1. The van der Waals surface area contributed by atoms with Crippen LogP contribution in [-0.4, -0.2) is 25.2 Å². The fourth-order valence-corrected chi connectivity index (χ4v) is 2.76. The van der Waals surface area contributed by atoms with E-state index in [0.717, 1.165) is 15.8 Å².